The zero-order valence-electron chi connectivity index (χ0n) is 13.9. The van der Waals surface area contributed by atoms with E-state index in [0.29, 0.717) is 24.9 Å². The molecule has 1 aliphatic rings. The van der Waals surface area contributed by atoms with Crippen molar-refractivity contribution in [2.45, 2.75) is 31.8 Å². The maximum Gasteiger partial charge on any atom is 0.240 e. The molecule has 0 N–H and O–H groups in total. The van der Waals surface area contributed by atoms with Crippen LogP contribution in [0.5, 0.6) is 0 Å². The summed E-state index contributed by atoms with van der Waals surface area (Å²) in [7, 11) is 2.13. The van der Waals surface area contributed by atoms with E-state index in [4.69, 9.17) is 4.52 Å². The Kier molecular flexibility index (Phi) is 4.13. The molecule has 0 amide bonds. The van der Waals surface area contributed by atoms with Gasteiger partial charge in [-0.15, -0.1) is 0 Å². The van der Waals surface area contributed by atoms with Crippen LogP contribution >= 0.6 is 0 Å². The van der Waals surface area contributed by atoms with E-state index in [1.807, 2.05) is 18.2 Å². The Morgan fingerprint density at radius 2 is 1.88 bits per heavy atom. The molecule has 1 unspecified atom stereocenters. The molecular weight excluding hydrogens is 298 g/mol. The van der Waals surface area contributed by atoms with Gasteiger partial charge < -0.3 is 4.52 Å². The molecule has 4 heteroatoms. The topological polar surface area (TPSA) is 42.2 Å². The Morgan fingerprint density at radius 3 is 2.75 bits per heavy atom. The molecule has 1 atom stereocenters. The molecule has 0 spiro atoms. The van der Waals surface area contributed by atoms with E-state index in [1.54, 1.807) is 0 Å². The minimum absolute atomic E-state index is 0.436. The van der Waals surface area contributed by atoms with Gasteiger partial charge in [0.05, 0.1) is 6.54 Å². The highest BCUT2D eigenvalue weighted by molar-refractivity contribution is 5.34. The zero-order valence-corrected chi connectivity index (χ0v) is 13.9. The smallest absolute Gasteiger partial charge is 0.240 e. The van der Waals surface area contributed by atoms with Crippen LogP contribution in [0.25, 0.3) is 0 Å². The summed E-state index contributed by atoms with van der Waals surface area (Å²) in [5.74, 6) is 1.43. The highest BCUT2D eigenvalue weighted by Gasteiger charge is 2.26. The Morgan fingerprint density at radius 1 is 1.08 bits per heavy atom. The lowest BCUT2D eigenvalue weighted by atomic mass is 10.1. The number of benzene rings is 2. The number of nitrogens with zero attached hydrogens (tertiary/aromatic N) is 3. The van der Waals surface area contributed by atoms with Crippen LogP contribution in [0.15, 0.2) is 59.1 Å². The van der Waals surface area contributed by atoms with Crippen LogP contribution in [0.1, 0.15) is 40.9 Å². The van der Waals surface area contributed by atoms with Gasteiger partial charge in [-0.05, 0) is 36.6 Å². The Labute approximate surface area is 142 Å². The van der Waals surface area contributed by atoms with Crippen molar-refractivity contribution in [3.05, 3.63) is 83.0 Å². The number of aryl methyl sites for hydroxylation is 1. The first-order valence-electron chi connectivity index (χ1n) is 8.43. The predicted molar refractivity (Wildman–Crippen MR) is 92.5 cm³/mol. The van der Waals surface area contributed by atoms with Gasteiger partial charge in [0, 0.05) is 12.5 Å². The molecular formula is C20H21N3O. The summed E-state index contributed by atoms with van der Waals surface area (Å²) < 4.78 is 5.45. The largest absolute Gasteiger partial charge is 0.338 e. The molecule has 1 aliphatic carbocycles. The molecule has 0 radical (unpaired) electrons. The second kappa shape index (κ2) is 6.57. The Balaban J connectivity index is 1.43. The molecule has 0 saturated carbocycles. The lowest BCUT2D eigenvalue weighted by Gasteiger charge is -2.23. The number of hydrogen-bond acceptors (Lipinski definition) is 4. The van der Waals surface area contributed by atoms with Crippen LogP contribution in [0.3, 0.4) is 0 Å². The number of rotatable bonds is 5. The highest BCUT2D eigenvalue weighted by atomic mass is 16.5. The van der Waals surface area contributed by atoms with Crippen molar-refractivity contribution in [1.29, 1.82) is 0 Å². The first kappa shape index (κ1) is 15.1. The summed E-state index contributed by atoms with van der Waals surface area (Å²) in [6.45, 7) is 0.681. The van der Waals surface area contributed by atoms with Crippen LogP contribution in [-0.2, 0) is 19.4 Å². The molecule has 3 aromatic rings. The normalized spacial score (nSPS) is 16.5. The molecule has 1 heterocycles. The van der Waals surface area contributed by atoms with Gasteiger partial charge in [0.1, 0.15) is 0 Å². The first-order chi connectivity index (χ1) is 11.8. The monoisotopic (exact) mass is 319 g/mol. The van der Waals surface area contributed by atoms with Crippen LogP contribution in [-0.4, -0.2) is 22.1 Å². The molecule has 4 nitrogen and oxygen atoms in total. The van der Waals surface area contributed by atoms with Gasteiger partial charge in [0.25, 0.3) is 0 Å². The van der Waals surface area contributed by atoms with Crippen LogP contribution in [0.2, 0.25) is 0 Å². The second-order valence-corrected chi connectivity index (χ2v) is 6.44. The summed E-state index contributed by atoms with van der Waals surface area (Å²) in [6, 6.07) is 19.4. The summed E-state index contributed by atoms with van der Waals surface area (Å²) in [6.07, 6.45) is 3.01. The van der Waals surface area contributed by atoms with Crippen molar-refractivity contribution < 1.29 is 4.52 Å². The van der Waals surface area contributed by atoms with Crippen molar-refractivity contribution >= 4 is 0 Å². The van der Waals surface area contributed by atoms with Crippen molar-refractivity contribution in [3.63, 3.8) is 0 Å². The fourth-order valence-electron chi connectivity index (χ4n) is 3.52. The van der Waals surface area contributed by atoms with Gasteiger partial charge >= 0.3 is 0 Å². The van der Waals surface area contributed by atoms with Crippen molar-refractivity contribution in [3.8, 4) is 0 Å². The molecule has 1 aromatic heterocycles. The van der Waals surface area contributed by atoms with Crippen molar-refractivity contribution in [2.75, 3.05) is 7.05 Å². The van der Waals surface area contributed by atoms with Gasteiger partial charge in [-0.1, -0.05) is 59.8 Å². The summed E-state index contributed by atoms with van der Waals surface area (Å²) in [5, 5.41) is 4.12. The molecule has 122 valence electrons. The van der Waals surface area contributed by atoms with Gasteiger partial charge in [0.15, 0.2) is 5.82 Å². The number of hydrogen-bond donors (Lipinski definition) is 0. The molecule has 0 fully saturated rings. The fourth-order valence-corrected chi connectivity index (χ4v) is 3.52. The van der Waals surface area contributed by atoms with E-state index in [9.17, 15) is 0 Å². The maximum atomic E-state index is 5.45. The molecule has 24 heavy (non-hydrogen) atoms. The average Bonchev–Trinajstić information content (AvgIpc) is 3.22. The minimum Gasteiger partial charge on any atom is -0.338 e. The van der Waals surface area contributed by atoms with E-state index in [2.05, 4.69) is 58.5 Å². The lowest BCUT2D eigenvalue weighted by Crippen LogP contribution is -2.22. The van der Waals surface area contributed by atoms with E-state index < -0.39 is 0 Å². The third-order valence-corrected chi connectivity index (χ3v) is 4.73. The van der Waals surface area contributed by atoms with Gasteiger partial charge in [-0.3, -0.25) is 4.90 Å². The summed E-state index contributed by atoms with van der Waals surface area (Å²) in [4.78, 5) is 6.86. The minimum atomic E-state index is 0.436. The van der Waals surface area contributed by atoms with Crippen molar-refractivity contribution in [2.24, 2.45) is 0 Å². The molecule has 0 bridgehead atoms. The highest BCUT2D eigenvalue weighted by Crippen LogP contribution is 2.35. The van der Waals surface area contributed by atoms with E-state index in [-0.39, 0.29) is 0 Å². The number of fused-ring (bicyclic) bond motifs is 1. The third-order valence-electron chi connectivity index (χ3n) is 4.73. The van der Waals surface area contributed by atoms with E-state index in [0.717, 1.165) is 18.7 Å². The molecule has 0 aliphatic heterocycles. The number of aromatic nitrogens is 2. The van der Waals surface area contributed by atoms with Gasteiger partial charge in [-0.25, -0.2) is 0 Å². The Bertz CT molecular complexity index is 813. The lowest BCUT2D eigenvalue weighted by molar-refractivity contribution is 0.204. The molecule has 4 rings (SSSR count). The maximum absolute atomic E-state index is 5.45. The standard InChI is InChI=1S/C20H21N3O/c1-23(18-12-11-16-9-5-6-10-17(16)18)14-20-21-19(22-24-20)13-15-7-3-2-4-8-15/h2-10,18H,11-14H2,1H3. The van der Waals surface area contributed by atoms with Crippen LogP contribution in [0.4, 0.5) is 0 Å². The zero-order chi connectivity index (χ0) is 16.4. The average molecular weight is 319 g/mol. The SMILES string of the molecule is CN(Cc1nc(Cc2ccccc2)no1)C1CCc2ccccc21. The molecule has 2 aromatic carbocycles. The summed E-state index contributed by atoms with van der Waals surface area (Å²) in [5.41, 5.74) is 4.09. The second-order valence-electron chi connectivity index (χ2n) is 6.44. The Hall–Kier alpha value is -2.46. The fraction of sp³-hybridized carbons (Fsp3) is 0.300. The van der Waals surface area contributed by atoms with E-state index in [1.165, 1.54) is 16.7 Å². The van der Waals surface area contributed by atoms with Crippen molar-refractivity contribution in [1.82, 2.24) is 15.0 Å². The third kappa shape index (κ3) is 3.10. The molecule has 0 saturated heterocycles. The summed E-state index contributed by atoms with van der Waals surface area (Å²) >= 11 is 0. The predicted octanol–water partition coefficient (Wildman–Crippen LogP) is 3.78. The van der Waals surface area contributed by atoms with Gasteiger partial charge in [-0.2, -0.15) is 4.98 Å². The van der Waals surface area contributed by atoms with Crippen LogP contribution in [0, 0.1) is 0 Å². The quantitative estimate of drug-likeness (QED) is 0.718. The van der Waals surface area contributed by atoms with Crippen LogP contribution < -0.4 is 0 Å². The van der Waals surface area contributed by atoms with Gasteiger partial charge in [0.2, 0.25) is 5.89 Å². The first-order valence-corrected chi connectivity index (χ1v) is 8.43. The van der Waals surface area contributed by atoms with E-state index >= 15 is 0 Å².